The van der Waals surface area contributed by atoms with Crippen LogP contribution in [0.25, 0.3) is 6.08 Å². The highest BCUT2D eigenvalue weighted by Gasteiger charge is 2.48. The minimum atomic E-state index is -4.81. The molecule has 112 valence electrons. The van der Waals surface area contributed by atoms with E-state index in [9.17, 15) is 18.0 Å². The van der Waals surface area contributed by atoms with Crippen LogP contribution < -0.4 is 16.2 Å². The highest BCUT2D eigenvalue weighted by atomic mass is 35.5. The van der Waals surface area contributed by atoms with Gasteiger partial charge in [-0.3, -0.25) is 4.79 Å². The molecule has 0 bridgehead atoms. The van der Waals surface area contributed by atoms with Crippen molar-refractivity contribution in [1.82, 2.24) is 0 Å². The summed E-state index contributed by atoms with van der Waals surface area (Å²) < 4.78 is 43.9. The van der Waals surface area contributed by atoms with Gasteiger partial charge in [0.2, 0.25) is 6.10 Å². The number of hydrogen-bond donors (Lipinski definition) is 2. The Morgan fingerprint density at radius 3 is 2.57 bits per heavy atom. The smallest absolute Gasteiger partial charge is 0.429 e. The second-order valence-electron chi connectivity index (χ2n) is 4.13. The summed E-state index contributed by atoms with van der Waals surface area (Å²) in [5, 5.41) is 0.142. The number of alkyl halides is 3. The third-order valence-electron chi connectivity index (χ3n) is 2.61. The van der Waals surface area contributed by atoms with Crippen LogP contribution in [0.4, 0.5) is 13.2 Å². The van der Waals surface area contributed by atoms with E-state index < -0.39 is 29.7 Å². The first-order valence-electron chi connectivity index (χ1n) is 5.57. The quantitative estimate of drug-likeness (QED) is 0.610. The zero-order chi connectivity index (χ0) is 15.8. The van der Waals surface area contributed by atoms with Crippen molar-refractivity contribution in [3.63, 3.8) is 0 Å². The molecule has 0 spiro atoms. The normalized spacial score (nSPS) is 17.3. The van der Waals surface area contributed by atoms with Crippen molar-refractivity contribution >= 4 is 29.5 Å². The third-order valence-corrected chi connectivity index (χ3v) is 2.94. The fourth-order valence-corrected chi connectivity index (χ4v) is 2.00. The molecule has 1 atom stereocenters. The topological polar surface area (TPSA) is 90.7 Å². The van der Waals surface area contributed by atoms with Crippen molar-refractivity contribution in [3.05, 3.63) is 34.4 Å². The average Bonchev–Trinajstić information content (AvgIpc) is 2.36. The van der Waals surface area contributed by atoms with Crippen LogP contribution >= 0.6 is 11.6 Å². The maximum atomic E-state index is 13.0. The molecule has 21 heavy (non-hydrogen) atoms. The standard InChI is InChI=1S/C12H9ClF3N3O2/c13-7-2-1-3-8-5(7)4-6(10(20)19-11(17)18)9(21-8)12(14,15)16/h1-4,9H,(H4,17,18,19,20). The molecule has 2 rings (SSSR count). The maximum absolute atomic E-state index is 13.0. The Balaban J connectivity index is 2.57. The predicted octanol–water partition coefficient (Wildman–Crippen LogP) is 1.85. The van der Waals surface area contributed by atoms with Crippen LogP contribution in [0.2, 0.25) is 5.02 Å². The molecule has 0 saturated carbocycles. The van der Waals surface area contributed by atoms with Crippen molar-refractivity contribution in [2.24, 2.45) is 16.5 Å². The molecule has 1 aromatic carbocycles. The summed E-state index contributed by atoms with van der Waals surface area (Å²) in [5.41, 5.74) is 9.44. The molecule has 1 heterocycles. The number of fused-ring (bicyclic) bond motifs is 1. The van der Waals surface area contributed by atoms with E-state index in [1.54, 1.807) is 0 Å². The molecule has 1 unspecified atom stereocenters. The SMILES string of the molecule is NC(N)=NC(=O)C1=Cc2c(Cl)cccc2OC1C(F)(F)F. The van der Waals surface area contributed by atoms with Crippen LogP contribution in [0.15, 0.2) is 28.8 Å². The van der Waals surface area contributed by atoms with E-state index in [-0.39, 0.29) is 16.3 Å². The highest BCUT2D eigenvalue weighted by molar-refractivity contribution is 6.32. The minimum absolute atomic E-state index is 0.0777. The zero-order valence-corrected chi connectivity index (χ0v) is 11.1. The lowest BCUT2D eigenvalue weighted by Gasteiger charge is -2.27. The lowest BCUT2D eigenvalue weighted by molar-refractivity contribution is -0.185. The first-order valence-corrected chi connectivity index (χ1v) is 5.95. The van der Waals surface area contributed by atoms with E-state index in [4.69, 9.17) is 27.8 Å². The number of guanidine groups is 1. The predicted molar refractivity (Wildman–Crippen MR) is 70.7 cm³/mol. The summed E-state index contributed by atoms with van der Waals surface area (Å²) in [7, 11) is 0. The van der Waals surface area contributed by atoms with Crippen molar-refractivity contribution in [2.45, 2.75) is 12.3 Å². The van der Waals surface area contributed by atoms with Gasteiger partial charge in [-0.1, -0.05) is 17.7 Å². The highest BCUT2D eigenvalue weighted by Crippen LogP contribution is 2.40. The molecular formula is C12H9ClF3N3O2. The Morgan fingerprint density at radius 2 is 2.00 bits per heavy atom. The monoisotopic (exact) mass is 319 g/mol. The molecule has 1 aliphatic heterocycles. The lowest BCUT2D eigenvalue weighted by Crippen LogP contribution is -2.40. The number of carbonyl (C=O) groups excluding carboxylic acids is 1. The fraction of sp³-hybridized carbons (Fsp3) is 0.167. The first kappa shape index (κ1) is 15.2. The van der Waals surface area contributed by atoms with Crippen LogP contribution in [-0.4, -0.2) is 24.1 Å². The van der Waals surface area contributed by atoms with E-state index in [1.165, 1.54) is 18.2 Å². The molecule has 4 N–H and O–H groups in total. The molecule has 0 radical (unpaired) electrons. The van der Waals surface area contributed by atoms with Gasteiger partial charge in [0.15, 0.2) is 5.96 Å². The number of nitrogens with two attached hydrogens (primary N) is 2. The van der Waals surface area contributed by atoms with E-state index in [1.807, 2.05) is 0 Å². The number of benzene rings is 1. The van der Waals surface area contributed by atoms with E-state index in [0.29, 0.717) is 0 Å². The van der Waals surface area contributed by atoms with E-state index in [2.05, 4.69) is 4.99 Å². The van der Waals surface area contributed by atoms with Crippen LogP contribution in [-0.2, 0) is 4.79 Å². The number of ether oxygens (including phenoxy) is 1. The second-order valence-corrected chi connectivity index (χ2v) is 4.54. The largest absolute Gasteiger partial charge is 0.475 e. The van der Waals surface area contributed by atoms with Crippen LogP contribution in [0.1, 0.15) is 5.56 Å². The average molecular weight is 320 g/mol. The molecule has 9 heteroatoms. The molecule has 0 aromatic heterocycles. The lowest BCUT2D eigenvalue weighted by atomic mass is 10.0. The first-order chi connectivity index (χ1) is 9.70. The summed E-state index contributed by atoms with van der Waals surface area (Å²) in [6.07, 6.45) is -6.28. The van der Waals surface area contributed by atoms with Crippen molar-refractivity contribution in [1.29, 1.82) is 0 Å². The van der Waals surface area contributed by atoms with Crippen LogP contribution in [0.5, 0.6) is 5.75 Å². The molecule has 1 aromatic rings. The van der Waals surface area contributed by atoms with Gasteiger partial charge in [0.1, 0.15) is 5.75 Å². The molecule has 1 aliphatic rings. The van der Waals surface area contributed by atoms with Crippen LogP contribution in [0.3, 0.4) is 0 Å². The molecule has 0 aliphatic carbocycles. The third kappa shape index (κ3) is 3.10. The molecule has 0 saturated heterocycles. The summed E-state index contributed by atoms with van der Waals surface area (Å²) in [4.78, 5) is 14.9. The van der Waals surface area contributed by atoms with Gasteiger partial charge >= 0.3 is 6.18 Å². The Hall–Kier alpha value is -2.22. The maximum Gasteiger partial charge on any atom is 0.429 e. The summed E-state index contributed by atoms with van der Waals surface area (Å²) >= 11 is 5.88. The van der Waals surface area contributed by atoms with Crippen molar-refractivity contribution < 1.29 is 22.7 Å². The Morgan fingerprint density at radius 1 is 1.33 bits per heavy atom. The van der Waals surface area contributed by atoms with E-state index in [0.717, 1.165) is 6.08 Å². The summed E-state index contributed by atoms with van der Waals surface area (Å²) in [6, 6.07) is 4.21. The van der Waals surface area contributed by atoms with Gasteiger partial charge in [0, 0.05) is 5.56 Å². The number of halogens is 4. The number of nitrogens with zero attached hydrogens (tertiary/aromatic N) is 1. The van der Waals surface area contributed by atoms with Gasteiger partial charge < -0.3 is 16.2 Å². The number of amides is 1. The summed E-state index contributed by atoms with van der Waals surface area (Å²) in [5.74, 6) is -1.96. The second kappa shape index (κ2) is 5.28. The Kier molecular flexibility index (Phi) is 3.82. The van der Waals surface area contributed by atoms with E-state index >= 15 is 0 Å². The van der Waals surface area contributed by atoms with Gasteiger partial charge in [-0.25, -0.2) is 0 Å². The number of carbonyl (C=O) groups is 1. The van der Waals surface area contributed by atoms with Crippen molar-refractivity contribution in [2.75, 3.05) is 0 Å². The Bertz CT molecular complexity index is 652. The van der Waals surface area contributed by atoms with Gasteiger partial charge in [0.05, 0.1) is 10.6 Å². The molecular weight excluding hydrogens is 311 g/mol. The molecule has 5 nitrogen and oxygen atoms in total. The van der Waals surface area contributed by atoms with Crippen LogP contribution in [0, 0.1) is 0 Å². The van der Waals surface area contributed by atoms with Crippen molar-refractivity contribution in [3.8, 4) is 5.75 Å². The zero-order valence-electron chi connectivity index (χ0n) is 10.3. The molecule has 0 fully saturated rings. The van der Waals surface area contributed by atoms with Gasteiger partial charge in [-0.15, -0.1) is 0 Å². The number of rotatable bonds is 1. The van der Waals surface area contributed by atoms with Gasteiger partial charge in [-0.05, 0) is 18.2 Å². The fourth-order valence-electron chi connectivity index (χ4n) is 1.78. The number of aliphatic imine (C=N–C) groups is 1. The Labute approximate surface area is 122 Å². The summed E-state index contributed by atoms with van der Waals surface area (Å²) in [6.45, 7) is 0. The number of hydrogen-bond acceptors (Lipinski definition) is 2. The van der Waals surface area contributed by atoms with Gasteiger partial charge in [0.25, 0.3) is 5.91 Å². The van der Waals surface area contributed by atoms with Gasteiger partial charge in [-0.2, -0.15) is 18.2 Å². The molecule has 1 amide bonds. The minimum Gasteiger partial charge on any atom is -0.475 e.